The lowest BCUT2D eigenvalue weighted by atomic mass is 10.2. The lowest BCUT2D eigenvalue weighted by molar-refractivity contribution is 0.0696. The highest BCUT2D eigenvalue weighted by Crippen LogP contribution is 2.12. The Morgan fingerprint density at radius 1 is 1.33 bits per heavy atom. The third-order valence-corrected chi connectivity index (χ3v) is 2.21. The molecular weight excluding hydrogens is 236 g/mol. The predicted molar refractivity (Wildman–Crippen MR) is 64.4 cm³/mol. The van der Waals surface area contributed by atoms with Gasteiger partial charge in [-0.3, -0.25) is 9.89 Å². The Morgan fingerprint density at radius 2 is 2.11 bits per heavy atom. The van der Waals surface area contributed by atoms with Gasteiger partial charge in [0.1, 0.15) is 11.5 Å². The normalized spacial score (nSPS) is 10.0. The highest BCUT2D eigenvalue weighted by molar-refractivity contribution is 6.03. The number of nitrogens with zero attached hydrogens (tertiary/aromatic N) is 1. The van der Waals surface area contributed by atoms with Crippen LogP contribution in [-0.4, -0.2) is 27.2 Å². The van der Waals surface area contributed by atoms with E-state index in [0.717, 1.165) is 0 Å². The standard InChI is InChI=1S/C11H10N4O3/c12-9-5-8(14-15-9)10(16)13-7-3-1-2-6(4-7)11(17)18/h1-5H,(H,13,16)(H,17,18)(H3,12,14,15). The zero-order chi connectivity index (χ0) is 13.1. The summed E-state index contributed by atoms with van der Waals surface area (Å²) in [5, 5.41) is 17.4. The number of H-pyrrole nitrogens is 1. The van der Waals surface area contributed by atoms with Crippen LogP contribution in [0.2, 0.25) is 0 Å². The molecule has 0 spiro atoms. The molecule has 0 aliphatic carbocycles. The summed E-state index contributed by atoms with van der Waals surface area (Å²) >= 11 is 0. The van der Waals surface area contributed by atoms with Crippen LogP contribution in [0.4, 0.5) is 11.5 Å². The Hall–Kier alpha value is -2.83. The first-order chi connectivity index (χ1) is 8.56. The van der Waals surface area contributed by atoms with Crippen molar-refractivity contribution in [2.45, 2.75) is 0 Å². The van der Waals surface area contributed by atoms with Crippen molar-refractivity contribution in [2.24, 2.45) is 0 Å². The first-order valence-electron chi connectivity index (χ1n) is 5.02. The molecule has 1 aromatic heterocycles. The number of nitrogen functional groups attached to an aromatic ring is 1. The fourth-order valence-electron chi connectivity index (χ4n) is 1.38. The lowest BCUT2D eigenvalue weighted by Gasteiger charge is -2.04. The summed E-state index contributed by atoms with van der Waals surface area (Å²) in [6.45, 7) is 0. The number of anilines is 2. The molecule has 1 amide bonds. The van der Waals surface area contributed by atoms with Crippen molar-refractivity contribution >= 4 is 23.4 Å². The van der Waals surface area contributed by atoms with Gasteiger partial charge in [0.15, 0.2) is 0 Å². The summed E-state index contributed by atoms with van der Waals surface area (Å²) in [5.41, 5.74) is 6.05. The van der Waals surface area contributed by atoms with Crippen LogP contribution in [0.1, 0.15) is 20.8 Å². The number of carboxylic acids is 1. The fourth-order valence-corrected chi connectivity index (χ4v) is 1.38. The zero-order valence-corrected chi connectivity index (χ0v) is 9.18. The summed E-state index contributed by atoms with van der Waals surface area (Å²) in [6, 6.07) is 7.31. The molecule has 1 aromatic carbocycles. The molecule has 5 N–H and O–H groups in total. The second-order valence-electron chi connectivity index (χ2n) is 3.55. The average Bonchev–Trinajstić information content (AvgIpc) is 2.76. The van der Waals surface area contributed by atoms with Crippen molar-refractivity contribution in [3.63, 3.8) is 0 Å². The number of aromatic nitrogens is 2. The van der Waals surface area contributed by atoms with E-state index in [2.05, 4.69) is 15.5 Å². The molecule has 0 unspecified atom stereocenters. The summed E-state index contributed by atoms with van der Waals surface area (Å²) in [5.74, 6) is -1.29. The van der Waals surface area contributed by atoms with E-state index < -0.39 is 11.9 Å². The number of nitrogens with two attached hydrogens (primary N) is 1. The second kappa shape index (κ2) is 4.58. The quantitative estimate of drug-likeness (QED) is 0.642. The van der Waals surface area contributed by atoms with Gasteiger partial charge in [-0.05, 0) is 18.2 Å². The minimum atomic E-state index is -1.06. The van der Waals surface area contributed by atoms with Crippen molar-refractivity contribution in [3.8, 4) is 0 Å². The van der Waals surface area contributed by atoms with Crippen molar-refractivity contribution in [3.05, 3.63) is 41.6 Å². The first kappa shape index (κ1) is 11.6. The van der Waals surface area contributed by atoms with Crippen molar-refractivity contribution in [1.82, 2.24) is 10.2 Å². The van der Waals surface area contributed by atoms with Crippen molar-refractivity contribution < 1.29 is 14.7 Å². The van der Waals surface area contributed by atoms with Gasteiger partial charge < -0.3 is 16.2 Å². The maximum absolute atomic E-state index is 11.7. The number of carboxylic acid groups (broad SMARTS) is 1. The molecule has 0 atom stereocenters. The van der Waals surface area contributed by atoms with Gasteiger partial charge in [0.25, 0.3) is 5.91 Å². The van der Waals surface area contributed by atoms with Gasteiger partial charge in [-0.25, -0.2) is 4.79 Å². The van der Waals surface area contributed by atoms with Crippen molar-refractivity contribution in [1.29, 1.82) is 0 Å². The van der Waals surface area contributed by atoms with Crippen LogP contribution >= 0.6 is 0 Å². The molecule has 1 heterocycles. The molecule has 18 heavy (non-hydrogen) atoms. The predicted octanol–water partition coefficient (Wildman–Crippen LogP) is 0.942. The number of hydrogen-bond acceptors (Lipinski definition) is 4. The molecule has 2 rings (SSSR count). The first-order valence-corrected chi connectivity index (χ1v) is 5.02. The van der Waals surface area contributed by atoms with E-state index in [0.29, 0.717) is 5.69 Å². The number of nitrogens with one attached hydrogen (secondary N) is 2. The van der Waals surface area contributed by atoms with Crippen LogP contribution in [0.5, 0.6) is 0 Å². The van der Waals surface area contributed by atoms with Gasteiger partial charge in [-0.2, -0.15) is 5.10 Å². The molecule has 7 heteroatoms. The number of aromatic amines is 1. The van der Waals surface area contributed by atoms with E-state index in [-0.39, 0.29) is 17.1 Å². The van der Waals surface area contributed by atoms with Gasteiger partial charge in [-0.1, -0.05) is 6.07 Å². The Kier molecular flexibility index (Phi) is 2.96. The Balaban J connectivity index is 2.16. The minimum absolute atomic E-state index is 0.0944. The van der Waals surface area contributed by atoms with Gasteiger partial charge in [0.05, 0.1) is 5.56 Å². The third kappa shape index (κ3) is 2.46. The van der Waals surface area contributed by atoms with Crippen molar-refractivity contribution in [2.75, 3.05) is 11.1 Å². The van der Waals surface area contributed by atoms with Gasteiger partial charge in [0, 0.05) is 11.8 Å². The van der Waals surface area contributed by atoms with Crippen LogP contribution in [0.3, 0.4) is 0 Å². The topological polar surface area (TPSA) is 121 Å². The number of hydrogen-bond donors (Lipinski definition) is 4. The smallest absolute Gasteiger partial charge is 0.335 e. The summed E-state index contributed by atoms with van der Waals surface area (Å²) in [6.07, 6.45) is 0. The maximum Gasteiger partial charge on any atom is 0.335 e. The number of aromatic carboxylic acids is 1. The van der Waals surface area contributed by atoms with Gasteiger partial charge in [-0.15, -0.1) is 0 Å². The van der Waals surface area contributed by atoms with Crippen LogP contribution < -0.4 is 11.1 Å². The van der Waals surface area contributed by atoms with Crippen LogP contribution in [-0.2, 0) is 0 Å². The molecule has 0 radical (unpaired) electrons. The van der Waals surface area contributed by atoms with E-state index >= 15 is 0 Å². The van der Waals surface area contributed by atoms with E-state index in [1.54, 1.807) is 12.1 Å². The number of benzene rings is 1. The molecule has 0 saturated carbocycles. The second-order valence-corrected chi connectivity index (χ2v) is 3.55. The summed E-state index contributed by atoms with van der Waals surface area (Å²) in [7, 11) is 0. The Labute approximate surface area is 102 Å². The maximum atomic E-state index is 11.7. The van der Waals surface area contributed by atoms with E-state index in [1.807, 2.05) is 0 Å². The minimum Gasteiger partial charge on any atom is -0.478 e. The molecular formula is C11H10N4O3. The molecule has 7 nitrogen and oxygen atoms in total. The van der Waals surface area contributed by atoms with Crippen LogP contribution in [0.25, 0.3) is 0 Å². The zero-order valence-electron chi connectivity index (χ0n) is 9.18. The van der Waals surface area contributed by atoms with E-state index in [9.17, 15) is 9.59 Å². The Bertz CT molecular complexity index is 606. The third-order valence-electron chi connectivity index (χ3n) is 2.21. The fraction of sp³-hybridized carbons (Fsp3) is 0. The van der Waals surface area contributed by atoms with E-state index in [4.69, 9.17) is 10.8 Å². The van der Waals surface area contributed by atoms with Crippen LogP contribution in [0, 0.1) is 0 Å². The number of carbonyl (C=O) groups excluding carboxylic acids is 1. The largest absolute Gasteiger partial charge is 0.478 e. The van der Waals surface area contributed by atoms with Gasteiger partial charge >= 0.3 is 5.97 Å². The lowest BCUT2D eigenvalue weighted by Crippen LogP contribution is -2.12. The number of rotatable bonds is 3. The Morgan fingerprint density at radius 3 is 2.72 bits per heavy atom. The average molecular weight is 246 g/mol. The van der Waals surface area contributed by atoms with Gasteiger partial charge in [0.2, 0.25) is 0 Å². The van der Waals surface area contributed by atoms with Crippen LogP contribution in [0.15, 0.2) is 30.3 Å². The van der Waals surface area contributed by atoms with E-state index in [1.165, 1.54) is 18.2 Å². The highest BCUT2D eigenvalue weighted by atomic mass is 16.4. The molecule has 0 bridgehead atoms. The monoisotopic (exact) mass is 246 g/mol. The molecule has 0 fully saturated rings. The summed E-state index contributed by atoms with van der Waals surface area (Å²) in [4.78, 5) is 22.5. The summed E-state index contributed by atoms with van der Waals surface area (Å²) < 4.78 is 0. The molecule has 2 aromatic rings. The molecule has 0 aliphatic heterocycles. The molecule has 0 saturated heterocycles. The SMILES string of the molecule is Nc1cc(C(=O)Nc2cccc(C(=O)O)c2)[nH]n1. The highest BCUT2D eigenvalue weighted by Gasteiger charge is 2.10. The molecule has 0 aliphatic rings. The number of carbonyl (C=O) groups is 2. The molecule has 92 valence electrons. The number of amides is 1.